The molecule has 4 aromatic rings. The first-order valence-corrected chi connectivity index (χ1v) is 11.2. The quantitative estimate of drug-likeness (QED) is 0.303. The van der Waals surface area contributed by atoms with Crippen molar-refractivity contribution >= 4 is 34.5 Å². The van der Waals surface area contributed by atoms with Gasteiger partial charge in [-0.05, 0) is 12.7 Å². The van der Waals surface area contributed by atoms with Crippen LogP contribution < -0.4 is 10.6 Å². The molecule has 0 saturated carbocycles. The number of amides is 1. The topological polar surface area (TPSA) is 111 Å². The summed E-state index contributed by atoms with van der Waals surface area (Å²) in [6, 6.07) is 9.53. The van der Waals surface area contributed by atoms with E-state index in [1.807, 2.05) is 36.6 Å². The molecule has 0 bridgehead atoms. The first-order chi connectivity index (χ1) is 15.2. The summed E-state index contributed by atoms with van der Waals surface area (Å²) in [5.74, 6) is 0.988. The van der Waals surface area contributed by atoms with Crippen LogP contribution in [0, 0.1) is 0 Å². The summed E-state index contributed by atoms with van der Waals surface area (Å²) in [4.78, 5) is 25.6. The normalized spacial score (nSPS) is 11.0. The lowest BCUT2D eigenvalue weighted by Crippen LogP contribution is -2.27. The molecule has 1 amide bonds. The van der Waals surface area contributed by atoms with Gasteiger partial charge in [0, 0.05) is 18.7 Å². The van der Waals surface area contributed by atoms with Gasteiger partial charge in [0.2, 0.25) is 0 Å². The van der Waals surface area contributed by atoms with Crippen molar-refractivity contribution in [3.8, 4) is 11.3 Å². The Hall–Kier alpha value is -3.40. The zero-order chi connectivity index (χ0) is 21.6. The molecule has 0 aliphatic heterocycles. The molecular formula is C21H23N7O2S. The highest BCUT2D eigenvalue weighted by atomic mass is 32.2. The average molecular weight is 438 g/mol. The van der Waals surface area contributed by atoms with Gasteiger partial charge >= 0.3 is 5.91 Å². The van der Waals surface area contributed by atoms with Crippen LogP contribution in [0.3, 0.4) is 0 Å². The third kappa shape index (κ3) is 4.69. The molecule has 0 saturated heterocycles. The fourth-order valence-corrected chi connectivity index (χ4v) is 3.39. The Bertz CT molecular complexity index is 1170. The number of fused-ring (bicyclic) bond motifs is 1. The number of hydrogen-bond acceptors (Lipinski definition) is 8. The SMILES string of the molecule is CCCNc1nc(SC)nc2c1cnn2CCNC(=O)c1ncc(-c2ccccc2)o1. The number of benzene rings is 1. The van der Waals surface area contributed by atoms with Crippen LogP contribution >= 0.6 is 11.8 Å². The second-order valence-electron chi connectivity index (χ2n) is 6.74. The first kappa shape index (κ1) is 20.9. The van der Waals surface area contributed by atoms with Crippen LogP contribution in [0.5, 0.6) is 0 Å². The van der Waals surface area contributed by atoms with Gasteiger partial charge in [0.05, 0.1) is 24.3 Å². The summed E-state index contributed by atoms with van der Waals surface area (Å²) < 4.78 is 7.36. The fourth-order valence-electron chi connectivity index (χ4n) is 3.03. The number of thioether (sulfide) groups is 1. The number of anilines is 1. The van der Waals surface area contributed by atoms with E-state index in [4.69, 9.17) is 4.42 Å². The van der Waals surface area contributed by atoms with E-state index in [1.54, 1.807) is 17.1 Å². The standard InChI is InChI=1S/C21H23N7O2S/c1-3-9-22-17-15-12-25-28(18(15)27-21(26-17)31-2)11-10-23-19(29)20-24-13-16(30-20)14-7-5-4-6-8-14/h4-8,12-13H,3,9-11H2,1-2H3,(H,23,29)(H,22,26,27). The van der Waals surface area contributed by atoms with E-state index in [0.29, 0.717) is 24.0 Å². The van der Waals surface area contributed by atoms with Gasteiger partial charge in [0.25, 0.3) is 5.89 Å². The van der Waals surface area contributed by atoms with Gasteiger partial charge < -0.3 is 15.1 Å². The summed E-state index contributed by atoms with van der Waals surface area (Å²) in [5, 5.41) is 12.1. The van der Waals surface area contributed by atoms with Gasteiger partial charge in [-0.25, -0.2) is 19.6 Å². The second kappa shape index (κ2) is 9.61. The Balaban J connectivity index is 1.42. The van der Waals surface area contributed by atoms with Crippen LogP contribution in [0.25, 0.3) is 22.4 Å². The van der Waals surface area contributed by atoms with Gasteiger partial charge in [-0.1, -0.05) is 49.0 Å². The maximum atomic E-state index is 12.4. The molecule has 9 nitrogen and oxygen atoms in total. The molecule has 0 atom stereocenters. The van der Waals surface area contributed by atoms with Gasteiger partial charge in [-0.2, -0.15) is 5.10 Å². The molecule has 31 heavy (non-hydrogen) atoms. The highest BCUT2D eigenvalue weighted by Gasteiger charge is 2.15. The Kier molecular flexibility index (Phi) is 6.46. The number of hydrogen-bond donors (Lipinski definition) is 2. The van der Waals surface area contributed by atoms with Gasteiger partial charge in [0.1, 0.15) is 5.82 Å². The van der Waals surface area contributed by atoms with Gasteiger partial charge in [-0.3, -0.25) is 4.79 Å². The maximum absolute atomic E-state index is 12.4. The smallest absolute Gasteiger partial charge is 0.307 e. The van der Waals surface area contributed by atoms with E-state index in [1.165, 1.54) is 11.8 Å². The highest BCUT2D eigenvalue weighted by Crippen LogP contribution is 2.23. The lowest BCUT2D eigenvalue weighted by Gasteiger charge is -2.08. The third-order valence-corrected chi connectivity index (χ3v) is 5.12. The zero-order valence-electron chi connectivity index (χ0n) is 17.3. The zero-order valence-corrected chi connectivity index (χ0v) is 18.1. The van der Waals surface area contributed by atoms with Crippen molar-refractivity contribution in [2.24, 2.45) is 0 Å². The van der Waals surface area contributed by atoms with Crippen molar-refractivity contribution in [3.05, 3.63) is 48.6 Å². The lowest BCUT2D eigenvalue weighted by molar-refractivity contribution is 0.0918. The Morgan fingerprint density at radius 3 is 2.77 bits per heavy atom. The van der Waals surface area contributed by atoms with Gasteiger partial charge in [0.15, 0.2) is 16.6 Å². The van der Waals surface area contributed by atoms with Crippen molar-refractivity contribution in [1.82, 2.24) is 30.0 Å². The Morgan fingerprint density at radius 2 is 2.00 bits per heavy atom. The molecule has 0 aliphatic rings. The molecule has 3 aromatic heterocycles. The lowest BCUT2D eigenvalue weighted by atomic mass is 10.2. The molecule has 0 fully saturated rings. The summed E-state index contributed by atoms with van der Waals surface area (Å²) in [6.45, 7) is 3.74. The largest absolute Gasteiger partial charge is 0.432 e. The number of carbonyl (C=O) groups excluding carboxylic acids is 1. The molecule has 10 heteroatoms. The van der Waals surface area contributed by atoms with Crippen molar-refractivity contribution in [2.75, 3.05) is 24.7 Å². The number of nitrogens with zero attached hydrogens (tertiary/aromatic N) is 5. The highest BCUT2D eigenvalue weighted by molar-refractivity contribution is 7.98. The first-order valence-electron chi connectivity index (χ1n) is 10.0. The van der Waals surface area contributed by atoms with Crippen LogP contribution in [-0.2, 0) is 6.54 Å². The number of nitrogens with one attached hydrogen (secondary N) is 2. The van der Waals surface area contributed by atoms with Gasteiger partial charge in [-0.15, -0.1) is 0 Å². The van der Waals surface area contributed by atoms with E-state index in [-0.39, 0.29) is 11.8 Å². The molecule has 0 radical (unpaired) electrons. The number of rotatable bonds is 9. The van der Waals surface area contributed by atoms with Crippen molar-refractivity contribution < 1.29 is 9.21 Å². The molecule has 3 heterocycles. The van der Waals surface area contributed by atoms with Crippen LogP contribution in [0.15, 0.2) is 52.3 Å². The maximum Gasteiger partial charge on any atom is 0.307 e. The number of oxazole rings is 1. The number of aromatic nitrogens is 5. The minimum atomic E-state index is -0.372. The molecule has 1 aromatic carbocycles. The van der Waals surface area contributed by atoms with Crippen molar-refractivity contribution in [1.29, 1.82) is 0 Å². The molecule has 160 valence electrons. The summed E-state index contributed by atoms with van der Waals surface area (Å²) in [6.07, 6.45) is 6.23. The predicted molar refractivity (Wildman–Crippen MR) is 120 cm³/mol. The monoisotopic (exact) mass is 437 g/mol. The summed E-state index contributed by atoms with van der Waals surface area (Å²) >= 11 is 1.48. The molecule has 0 aliphatic carbocycles. The average Bonchev–Trinajstić information content (AvgIpc) is 3.46. The fraction of sp³-hybridized carbons (Fsp3) is 0.286. The van der Waals surface area contributed by atoms with E-state index in [9.17, 15) is 4.79 Å². The van der Waals surface area contributed by atoms with Crippen LogP contribution in [0.4, 0.5) is 5.82 Å². The summed E-state index contributed by atoms with van der Waals surface area (Å²) in [7, 11) is 0. The molecule has 4 rings (SSSR count). The molecular weight excluding hydrogens is 414 g/mol. The second-order valence-corrected chi connectivity index (χ2v) is 7.52. The minimum absolute atomic E-state index is 0.0298. The van der Waals surface area contributed by atoms with Crippen molar-refractivity contribution in [2.45, 2.75) is 25.0 Å². The molecule has 0 spiro atoms. The Morgan fingerprint density at radius 1 is 1.16 bits per heavy atom. The Labute approximate surface area is 183 Å². The molecule has 0 unspecified atom stereocenters. The third-order valence-electron chi connectivity index (χ3n) is 4.57. The van der Waals surface area contributed by atoms with Crippen LogP contribution in [0.2, 0.25) is 0 Å². The van der Waals surface area contributed by atoms with E-state index in [0.717, 1.165) is 35.4 Å². The van der Waals surface area contributed by atoms with Crippen LogP contribution in [-0.4, -0.2) is 50.0 Å². The van der Waals surface area contributed by atoms with Crippen molar-refractivity contribution in [3.63, 3.8) is 0 Å². The van der Waals surface area contributed by atoms with E-state index in [2.05, 4.69) is 37.6 Å². The summed E-state index contributed by atoms with van der Waals surface area (Å²) in [5.41, 5.74) is 1.60. The number of carbonyl (C=O) groups is 1. The van der Waals surface area contributed by atoms with E-state index >= 15 is 0 Å². The van der Waals surface area contributed by atoms with Crippen LogP contribution in [0.1, 0.15) is 24.0 Å². The predicted octanol–water partition coefficient (Wildman–Crippen LogP) is 3.46. The minimum Gasteiger partial charge on any atom is -0.432 e. The van der Waals surface area contributed by atoms with E-state index < -0.39 is 0 Å². The molecule has 2 N–H and O–H groups in total.